The van der Waals surface area contributed by atoms with Gasteiger partial charge in [0.1, 0.15) is 0 Å². The first-order valence-corrected chi connectivity index (χ1v) is 8.56. The minimum absolute atomic E-state index is 0.00660. The number of hydrogen-bond acceptors (Lipinski definition) is 5. The van der Waals surface area contributed by atoms with Gasteiger partial charge in [0, 0.05) is 11.3 Å². The second-order valence-corrected chi connectivity index (χ2v) is 7.08. The third-order valence-electron chi connectivity index (χ3n) is 6.23. The zero-order valence-corrected chi connectivity index (χ0v) is 14.4. The predicted octanol–water partition coefficient (Wildman–Crippen LogP) is 2.74. The summed E-state index contributed by atoms with van der Waals surface area (Å²) in [5.41, 5.74) is -0.565. The summed E-state index contributed by atoms with van der Waals surface area (Å²) < 4.78 is 9.96. The molecule has 3 aliphatic carbocycles. The van der Waals surface area contributed by atoms with Gasteiger partial charge < -0.3 is 9.47 Å². The molecule has 0 aliphatic heterocycles. The van der Waals surface area contributed by atoms with Gasteiger partial charge in [0.25, 0.3) is 0 Å². The molecule has 5 heteroatoms. The Morgan fingerprint density at radius 1 is 1.12 bits per heavy atom. The topological polar surface area (TPSA) is 69.7 Å². The third kappa shape index (κ3) is 1.96. The average molecular weight is 332 g/mol. The highest BCUT2D eigenvalue weighted by atomic mass is 16.5. The van der Waals surface area contributed by atoms with E-state index in [1.165, 1.54) is 20.3 Å². The number of methoxy groups -OCH3 is 2. The number of ketones is 1. The molecule has 2 unspecified atom stereocenters. The van der Waals surface area contributed by atoms with Crippen molar-refractivity contribution >= 4 is 17.7 Å². The molecule has 0 heterocycles. The van der Waals surface area contributed by atoms with E-state index in [0.29, 0.717) is 12.0 Å². The van der Waals surface area contributed by atoms with E-state index in [2.05, 4.69) is 6.58 Å². The van der Waals surface area contributed by atoms with Crippen molar-refractivity contribution in [2.24, 2.45) is 16.7 Å². The minimum Gasteiger partial charge on any atom is -0.468 e. The molecule has 130 valence electrons. The largest absolute Gasteiger partial charge is 0.468 e. The number of ether oxygens (including phenoxy) is 2. The lowest BCUT2D eigenvalue weighted by molar-refractivity contribution is -0.168. The lowest BCUT2D eigenvalue weighted by Gasteiger charge is -2.48. The number of esters is 2. The molecule has 1 spiro atoms. The van der Waals surface area contributed by atoms with Crippen LogP contribution in [0.3, 0.4) is 0 Å². The van der Waals surface area contributed by atoms with Gasteiger partial charge in [0.05, 0.1) is 14.2 Å². The van der Waals surface area contributed by atoms with Crippen molar-refractivity contribution in [3.8, 4) is 0 Å². The van der Waals surface area contributed by atoms with Crippen molar-refractivity contribution in [2.45, 2.75) is 44.9 Å². The van der Waals surface area contributed by atoms with Crippen LogP contribution in [0.1, 0.15) is 44.9 Å². The zero-order chi connectivity index (χ0) is 17.5. The minimum atomic E-state index is -1.51. The maximum atomic E-state index is 12.8. The van der Waals surface area contributed by atoms with Gasteiger partial charge >= 0.3 is 11.9 Å². The Hall–Kier alpha value is -1.91. The van der Waals surface area contributed by atoms with E-state index >= 15 is 0 Å². The summed E-state index contributed by atoms with van der Waals surface area (Å²) in [6.45, 7) is 4.25. The molecule has 2 saturated carbocycles. The Kier molecular flexibility index (Phi) is 4.14. The van der Waals surface area contributed by atoms with Crippen LogP contribution in [0.2, 0.25) is 0 Å². The molecule has 3 rings (SSSR count). The molecule has 2 atom stereocenters. The third-order valence-corrected chi connectivity index (χ3v) is 6.23. The monoisotopic (exact) mass is 332 g/mol. The van der Waals surface area contributed by atoms with Crippen LogP contribution in [0.4, 0.5) is 0 Å². The van der Waals surface area contributed by atoms with Crippen molar-refractivity contribution < 1.29 is 23.9 Å². The van der Waals surface area contributed by atoms with Crippen LogP contribution in [-0.4, -0.2) is 31.9 Å². The first kappa shape index (κ1) is 16.9. The Morgan fingerprint density at radius 3 is 2.42 bits per heavy atom. The van der Waals surface area contributed by atoms with Gasteiger partial charge in [-0.3, -0.25) is 14.4 Å². The van der Waals surface area contributed by atoms with E-state index in [-0.39, 0.29) is 18.1 Å². The number of carbonyl (C=O) groups is 3. The van der Waals surface area contributed by atoms with Crippen LogP contribution in [-0.2, 0) is 23.9 Å². The quantitative estimate of drug-likeness (QED) is 0.442. The van der Waals surface area contributed by atoms with Gasteiger partial charge in [-0.15, -0.1) is 0 Å². The maximum absolute atomic E-state index is 12.8. The highest BCUT2D eigenvalue weighted by Gasteiger charge is 2.66. The number of hydrogen-bond donors (Lipinski definition) is 0. The summed E-state index contributed by atoms with van der Waals surface area (Å²) in [5.74, 6) is -1.47. The van der Waals surface area contributed by atoms with Crippen LogP contribution in [0, 0.1) is 16.7 Å². The number of allylic oxidation sites excluding steroid dienone is 2. The van der Waals surface area contributed by atoms with Crippen molar-refractivity contribution in [1.82, 2.24) is 0 Å². The lowest BCUT2D eigenvalue weighted by atomic mass is 9.53. The fourth-order valence-corrected chi connectivity index (χ4v) is 5.10. The summed E-state index contributed by atoms with van der Waals surface area (Å²) in [4.78, 5) is 38.2. The standard InChI is InChI=1S/C19H24O5/c1-12-8-10-19(16(21)23-2,17(22)24-3)15-11-14(20)13-7-5-4-6-9-18(12,13)15/h11,13H,1,4-10H2,2-3H3. The van der Waals surface area contributed by atoms with Gasteiger partial charge in [-0.05, 0) is 37.3 Å². The van der Waals surface area contributed by atoms with Gasteiger partial charge in [0.15, 0.2) is 11.2 Å². The van der Waals surface area contributed by atoms with Crippen LogP contribution in [0.15, 0.2) is 23.8 Å². The van der Waals surface area contributed by atoms with Crippen molar-refractivity contribution in [2.75, 3.05) is 14.2 Å². The Bertz CT molecular complexity index is 628. The summed E-state index contributed by atoms with van der Waals surface area (Å²) in [5, 5.41) is 0. The Labute approximate surface area is 142 Å². The molecule has 2 fully saturated rings. The second kappa shape index (κ2) is 5.87. The van der Waals surface area contributed by atoms with Crippen LogP contribution in [0.5, 0.6) is 0 Å². The van der Waals surface area contributed by atoms with E-state index < -0.39 is 22.8 Å². The van der Waals surface area contributed by atoms with Crippen molar-refractivity contribution in [3.05, 3.63) is 23.8 Å². The molecular weight excluding hydrogens is 308 g/mol. The van der Waals surface area contributed by atoms with Gasteiger partial charge in [0.2, 0.25) is 0 Å². The van der Waals surface area contributed by atoms with E-state index in [0.717, 1.165) is 37.7 Å². The van der Waals surface area contributed by atoms with E-state index in [1.54, 1.807) is 0 Å². The molecule has 0 aromatic carbocycles. The molecule has 5 nitrogen and oxygen atoms in total. The van der Waals surface area contributed by atoms with Crippen LogP contribution in [0.25, 0.3) is 0 Å². The highest BCUT2D eigenvalue weighted by molar-refractivity contribution is 6.09. The normalized spacial score (nSPS) is 31.4. The fourth-order valence-electron chi connectivity index (χ4n) is 5.10. The fraction of sp³-hybridized carbons (Fsp3) is 0.632. The summed E-state index contributed by atoms with van der Waals surface area (Å²) in [6, 6.07) is 0. The summed E-state index contributed by atoms with van der Waals surface area (Å²) >= 11 is 0. The average Bonchev–Trinajstić information content (AvgIpc) is 2.76. The number of carbonyl (C=O) groups excluding carboxylic acids is 3. The second-order valence-electron chi connectivity index (χ2n) is 7.08. The van der Waals surface area contributed by atoms with Crippen LogP contribution >= 0.6 is 0 Å². The number of rotatable bonds is 2. The van der Waals surface area contributed by atoms with Gasteiger partial charge in [-0.2, -0.15) is 0 Å². The molecule has 24 heavy (non-hydrogen) atoms. The molecule has 0 aromatic heterocycles. The van der Waals surface area contributed by atoms with E-state index in [1.807, 2.05) is 0 Å². The van der Waals surface area contributed by atoms with Crippen molar-refractivity contribution in [3.63, 3.8) is 0 Å². The first-order valence-electron chi connectivity index (χ1n) is 8.56. The maximum Gasteiger partial charge on any atom is 0.327 e. The Balaban J connectivity index is 2.23. The van der Waals surface area contributed by atoms with E-state index in [9.17, 15) is 14.4 Å². The Morgan fingerprint density at radius 2 is 1.79 bits per heavy atom. The molecule has 0 aromatic rings. The predicted molar refractivity (Wildman–Crippen MR) is 86.9 cm³/mol. The molecule has 0 bridgehead atoms. The summed E-state index contributed by atoms with van der Waals surface area (Å²) in [6.07, 6.45) is 6.81. The lowest BCUT2D eigenvalue weighted by Crippen LogP contribution is -2.51. The first-order chi connectivity index (χ1) is 11.4. The molecular formula is C19H24O5. The summed E-state index contributed by atoms with van der Waals surface area (Å²) in [7, 11) is 2.54. The molecule has 0 N–H and O–H groups in total. The zero-order valence-electron chi connectivity index (χ0n) is 14.4. The van der Waals surface area contributed by atoms with E-state index in [4.69, 9.17) is 9.47 Å². The molecule has 0 saturated heterocycles. The highest BCUT2D eigenvalue weighted by Crippen LogP contribution is 2.64. The molecule has 0 radical (unpaired) electrons. The molecule has 0 amide bonds. The van der Waals surface area contributed by atoms with Crippen LogP contribution < -0.4 is 0 Å². The smallest absolute Gasteiger partial charge is 0.327 e. The SMILES string of the molecule is C=C1CCC(C(=O)OC)(C(=O)OC)C2=CC(=O)C3CCCCCC123. The molecule has 3 aliphatic rings. The van der Waals surface area contributed by atoms with Gasteiger partial charge in [-0.25, -0.2) is 0 Å². The van der Waals surface area contributed by atoms with Gasteiger partial charge in [-0.1, -0.05) is 31.4 Å². The van der Waals surface area contributed by atoms with Crippen molar-refractivity contribution in [1.29, 1.82) is 0 Å².